The molecular weight excluding hydrogens is 306 g/mol. The summed E-state index contributed by atoms with van der Waals surface area (Å²) in [6.07, 6.45) is -0.275. The van der Waals surface area contributed by atoms with E-state index in [4.69, 9.17) is 11.5 Å². The first-order chi connectivity index (χ1) is 11.8. The molecule has 0 saturated heterocycles. The predicted octanol–water partition coefficient (Wildman–Crippen LogP) is 3.19. The number of fused-ring (bicyclic) bond motifs is 1. The van der Waals surface area contributed by atoms with Gasteiger partial charge in [-0.3, -0.25) is 4.79 Å². The summed E-state index contributed by atoms with van der Waals surface area (Å²) in [6.45, 7) is 1.34. The molecule has 1 heterocycles. The Bertz CT molecular complexity index is 1010. The molecule has 1 unspecified atom stereocenters. The van der Waals surface area contributed by atoms with Gasteiger partial charge in [0.2, 0.25) is 0 Å². The maximum Gasteiger partial charge on any atom is 0.343 e. The van der Waals surface area contributed by atoms with E-state index in [0.717, 1.165) is 0 Å². The molecule has 0 amide bonds. The number of nitrogens with two attached hydrogens (primary N) is 1. The number of hydrogen-bond donors (Lipinski definition) is 2. The predicted molar refractivity (Wildman–Crippen MR) is 92.1 cm³/mol. The van der Waals surface area contributed by atoms with Crippen molar-refractivity contribution in [3.05, 3.63) is 70.1 Å². The van der Waals surface area contributed by atoms with Gasteiger partial charge in [-0.1, -0.05) is 30.3 Å². The monoisotopic (exact) mass is 324 g/mol. The van der Waals surface area contributed by atoms with Crippen molar-refractivity contribution in [2.45, 2.75) is 19.2 Å². The van der Waals surface area contributed by atoms with E-state index >= 15 is 0 Å². The molecule has 0 aliphatic heterocycles. The Labute approximate surface area is 139 Å². The van der Waals surface area contributed by atoms with Crippen LogP contribution in [0.2, 0.25) is 0 Å². The first-order valence-corrected chi connectivity index (χ1v) is 7.43. The number of Topliss-reactive ketones (excluding diaryl/α,β-unsaturated/α-hetero) is 1. The third-order valence-corrected chi connectivity index (χ3v) is 3.75. The molecule has 5 nitrogen and oxygen atoms in total. The number of ketones is 1. The summed E-state index contributed by atoms with van der Waals surface area (Å²) >= 11 is 0. The lowest BCUT2D eigenvalue weighted by molar-refractivity contribution is -0.117. The van der Waals surface area contributed by atoms with E-state index in [1.807, 2.05) is 0 Å². The van der Waals surface area contributed by atoms with Gasteiger partial charge in [0.25, 0.3) is 0 Å². The standard InChI is InChI=1S/C19H17NO4/c1-11(21)9-14(12-5-3-2-4-6-12)17-18(22)15-10-13(20)7-8-16(15)24-19(17)23/h2-8,10,14,22H,9,20H2,1H3/i14D. The molecule has 0 bridgehead atoms. The average Bonchev–Trinajstić information content (AvgIpc) is 2.56. The van der Waals surface area contributed by atoms with Crippen molar-refractivity contribution in [3.63, 3.8) is 0 Å². The molecule has 3 rings (SSSR count). The van der Waals surface area contributed by atoms with Crippen LogP contribution in [0.3, 0.4) is 0 Å². The second kappa shape index (κ2) is 6.20. The van der Waals surface area contributed by atoms with Gasteiger partial charge < -0.3 is 15.3 Å². The molecule has 0 spiro atoms. The van der Waals surface area contributed by atoms with Gasteiger partial charge in [0.1, 0.15) is 17.1 Å². The summed E-state index contributed by atoms with van der Waals surface area (Å²) in [4.78, 5) is 24.3. The number of aromatic hydroxyl groups is 1. The summed E-state index contributed by atoms with van der Waals surface area (Å²) in [5, 5.41) is 10.9. The topological polar surface area (TPSA) is 93.5 Å². The number of anilines is 1. The Hall–Kier alpha value is -3.08. The molecule has 122 valence electrons. The Morgan fingerprint density at radius 3 is 2.67 bits per heavy atom. The highest BCUT2D eigenvalue weighted by molar-refractivity contribution is 5.87. The number of carbonyl (C=O) groups is 1. The fourth-order valence-electron chi connectivity index (χ4n) is 2.69. The van der Waals surface area contributed by atoms with Crippen LogP contribution in [0.5, 0.6) is 5.75 Å². The van der Waals surface area contributed by atoms with E-state index in [1.165, 1.54) is 19.1 Å². The number of carbonyl (C=O) groups excluding carboxylic acids is 1. The second-order valence-electron chi connectivity index (χ2n) is 5.59. The van der Waals surface area contributed by atoms with Crippen LogP contribution in [0, 0.1) is 0 Å². The summed E-state index contributed by atoms with van der Waals surface area (Å²) in [5.74, 6) is -2.44. The molecule has 0 aliphatic rings. The minimum atomic E-state index is -1.77. The average molecular weight is 324 g/mol. The number of nitrogen functional groups attached to an aromatic ring is 1. The second-order valence-corrected chi connectivity index (χ2v) is 5.59. The lowest BCUT2D eigenvalue weighted by Crippen LogP contribution is -2.16. The van der Waals surface area contributed by atoms with Crippen molar-refractivity contribution in [1.82, 2.24) is 0 Å². The van der Waals surface area contributed by atoms with Gasteiger partial charge >= 0.3 is 5.63 Å². The molecule has 3 aromatic rings. The van der Waals surface area contributed by atoms with Crippen molar-refractivity contribution in [2.24, 2.45) is 0 Å². The van der Waals surface area contributed by atoms with E-state index in [-0.39, 0.29) is 28.7 Å². The van der Waals surface area contributed by atoms with Crippen LogP contribution in [0.25, 0.3) is 11.0 Å². The zero-order valence-electron chi connectivity index (χ0n) is 14.1. The molecule has 0 fully saturated rings. The normalized spacial score (nSPS) is 14.1. The Morgan fingerprint density at radius 2 is 2.00 bits per heavy atom. The van der Waals surface area contributed by atoms with Gasteiger partial charge in [-0.15, -0.1) is 0 Å². The van der Waals surface area contributed by atoms with Gasteiger partial charge in [0.15, 0.2) is 0 Å². The van der Waals surface area contributed by atoms with Crippen molar-refractivity contribution in [2.75, 3.05) is 5.73 Å². The van der Waals surface area contributed by atoms with E-state index in [1.54, 1.807) is 36.4 Å². The van der Waals surface area contributed by atoms with Crippen molar-refractivity contribution >= 4 is 22.4 Å². The fourth-order valence-corrected chi connectivity index (χ4v) is 2.69. The van der Waals surface area contributed by atoms with Gasteiger partial charge in [0.05, 0.1) is 10.9 Å². The molecular formula is C19H17NO4. The number of benzene rings is 2. The molecule has 0 aliphatic carbocycles. The molecule has 1 atom stereocenters. The van der Waals surface area contributed by atoms with Crippen LogP contribution < -0.4 is 11.4 Å². The fraction of sp³-hybridized carbons (Fsp3) is 0.158. The minimum Gasteiger partial charge on any atom is -0.507 e. The lowest BCUT2D eigenvalue weighted by Gasteiger charge is -2.17. The molecule has 5 heteroatoms. The van der Waals surface area contributed by atoms with Gasteiger partial charge in [0, 0.05) is 19.4 Å². The van der Waals surface area contributed by atoms with Crippen molar-refractivity contribution in [1.29, 1.82) is 0 Å². The maximum atomic E-state index is 12.6. The van der Waals surface area contributed by atoms with Gasteiger partial charge in [-0.05, 0) is 30.7 Å². The van der Waals surface area contributed by atoms with Crippen LogP contribution in [0.4, 0.5) is 5.69 Å². The molecule has 0 radical (unpaired) electrons. The Balaban J connectivity index is 2.37. The van der Waals surface area contributed by atoms with Crippen LogP contribution in [-0.4, -0.2) is 10.9 Å². The van der Waals surface area contributed by atoms with Gasteiger partial charge in [-0.25, -0.2) is 4.79 Å². The minimum absolute atomic E-state index is 0.165. The van der Waals surface area contributed by atoms with E-state index < -0.39 is 17.3 Å². The molecule has 0 saturated carbocycles. The van der Waals surface area contributed by atoms with E-state index in [0.29, 0.717) is 11.3 Å². The van der Waals surface area contributed by atoms with E-state index in [2.05, 4.69) is 0 Å². The maximum absolute atomic E-state index is 12.6. The smallest absolute Gasteiger partial charge is 0.343 e. The SMILES string of the molecule is [2H]C(CC(C)=O)(c1ccccc1)c1c(O)c2cc(N)ccc2oc1=O. The lowest BCUT2D eigenvalue weighted by atomic mass is 9.87. The van der Waals surface area contributed by atoms with Crippen molar-refractivity contribution in [3.8, 4) is 5.75 Å². The largest absolute Gasteiger partial charge is 0.507 e. The number of hydrogen-bond acceptors (Lipinski definition) is 5. The highest BCUT2D eigenvalue weighted by Crippen LogP contribution is 2.36. The zero-order chi connectivity index (χ0) is 18.2. The summed E-state index contributed by atoms with van der Waals surface area (Å²) < 4.78 is 14.1. The first-order valence-electron chi connectivity index (χ1n) is 7.93. The van der Waals surface area contributed by atoms with Crippen molar-refractivity contribution < 1.29 is 15.7 Å². The summed E-state index contributed by atoms with van der Waals surface area (Å²) in [5.41, 5.74) is 5.58. The van der Waals surface area contributed by atoms with Crippen LogP contribution in [-0.2, 0) is 4.79 Å². The highest BCUT2D eigenvalue weighted by Gasteiger charge is 2.25. The van der Waals surface area contributed by atoms with Crippen LogP contribution >= 0.6 is 0 Å². The van der Waals surface area contributed by atoms with Crippen LogP contribution in [0.1, 0.15) is 31.7 Å². The first kappa shape index (κ1) is 14.5. The van der Waals surface area contributed by atoms with Gasteiger partial charge in [-0.2, -0.15) is 0 Å². The molecule has 1 aromatic heterocycles. The molecule has 3 N–H and O–H groups in total. The third-order valence-electron chi connectivity index (χ3n) is 3.75. The van der Waals surface area contributed by atoms with E-state index in [9.17, 15) is 14.7 Å². The highest BCUT2D eigenvalue weighted by atomic mass is 16.4. The number of rotatable bonds is 4. The zero-order valence-corrected chi connectivity index (χ0v) is 13.1. The molecule has 24 heavy (non-hydrogen) atoms. The Morgan fingerprint density at radius 1 is 1.29 bits per heavy atom. The third kappa shape index (κ3) is 2.88. The quantitative estimate of drug-likeness (QED) is 0.568. The van der Waals surface area contributed by atoms with Crippen LogP contribution in [0.15, 0.2) is 57.7 Å². The molecule has 2 aromatic carbocycles. The Kier molecular flexibility index (Phi) is 3.75. The summed E-state index contributed by atoms with van der Waals surface area (Å²) in [7, 11) is 0. The summed E-state index contributed by atoms with van der Waals surface area (Å²) in [6, 6.07) is 12.9.